The van der Waals surface area contributed by atoms with E-state index in [1.807, 2.05) is 51.1 Å². The predicted octanol–water partition coefficient (Wildman–Crippen LogP) is 2.62. The molecule has 3 atom stereocenters. The summed E-state index contributed by atoms with van der Waals surface area (Å²) >= 11 is 0. The van der Waals surface area contributed by atoms with E-state index in [4.69, 9.17) is 9.47 Å². The van der Waals surface area contributed by atoms with Crippen molar-refractivity contribution >= 4 is 5.91 Å². The summed E-state index contributed by atoms with van der Waals surface area (Å²) in [6.07, 6.45) is 0.452. The molecule has 0 N–H and O–H groups in total. The number of carbonyl (C=O) groups excluding carboxylic acids is 1. The van der Waals surface area contributed by atoms with Crippen LogP contribution in [0, 0.1) is 22.7 Å². The number of morpholine rings is 1. The Bertz CT molecular complexity index is 652. The molecule has 2 aliphatic rings. The number of nitriles is 1. The van der Waals surface area contributed by atoms with Crippen molar-refractivity contribution in [3.63, 3.8) is 0 Å². The Balaban J connectivity index is 1.67. The molecule has 2 fully saturated rings. The highest BCUT2D eigenvalue weighted by Gasteiger charge is 2.60. The van der Waals surface area contributed by atoms with Crippen LogP contribution in [-0.4, -0.2) is 42.2 Å². The summed E-state index contributed by atoms with van der Waals surface area (Å²) in [4.78, 5) is 14.6. The lowest BCUT2D eigenvalue weighted by Gasteiger charge is -2.43. The quantitative estimate of drug-likeness (QED) is 0.852. The van der Waals surface area contributed by atoms with Crippen molar-refractivity contribution < 1.29 is 14.3 Å². The van der Waals surface area contributed by atoms with E-state index in [1.54, 1.807) is 4.90 Å². The molecular weight excluding hydrogens is 304 g/mol. The summed E-state index contributed by atoms with van der Waals surface area (Å²) in [7, 11) is 0. The lowest BCUT2D eigenvalue weighted by Crippen LogP contribution is -2.57. The SMILES string of the molecule is CC1CC1(C#N)C(=O)N1CC(COc2ccccc2)OC(C)(C)C1. The first-order chi connectivity index (χ1) is 11.4. The fraction of sp³-hybridized carbons (Fsp3) is 0.579. The zero-order valence-electron chi connectivity index (χ0n) is 14.5. The van der Waals surface area contributed by atoms with Crippen molar-refractivity contribution in [2.45, 2.75) is 38.9 Å². The second kappa shape index (κ2) is 6.10. The van der Waals surface area contributed by atoms with Gasteiger partial charge in [0.25, 0.3) is 0 Å². The number of benzene rings is 1. The lowest BCUT2D eigenvalue weighted by molar-refractivity contribution is -0.168. The van der Waals surface area contributed by atoms with Crippen molar-refractivity contribution in [2.75, 3.05) is 19.7 Å². The van der Waals surface area contributed by atoms with Crippen molar-refractivity contribution in [2.24, 2.45) is 11.3 Å². The zero-order chi connectivity index (χ0) is 17.4. The molecule has 0 aromatic heterocycles. The lowest BCUT2D eigenvalue weighted by atomic mass is 10.00. The van der Waals surface area contributed by atoms with Gasteiger partial charge in [-0.25, -0.2) is 0 Å². The summed E-state index contributed by atoms with van der Waals surface area (Å²) in [5.41, 5.74) is -1.27. The van der Waals surface area contributed by atoms with E-state index >= 15 is 0 Å². The summed E-state index contributed by atoms with van der Waals surface area (Å²) in [6, 6.07) is 11.8. The molecule has 1 aromatic carbocycles. The van der Waals surface area contributed by atoms with Gasteiger partial charge in [0, 0.05) is 6.54 Å². The number of nitrogens with zero attached hydrogens (tertiary/aromatic N) is 2. The predicted molar refractivity (Wildman–Crippen MR) is 89.3 cm³/mol. The van der Waals surface area contributed by atoms with Crippen LogP contribution < -0.4 is 4.74 Å². The average molecular weight is 328 g/mol. The number of para-hydroxylation sites is 1. The number of ether oxygens (including phenoxy) is 2. The fourth-order valence-electron chi connectivity index (χ4n) is 3.45. The minimum absolute atomic E-state index is 0.0569. The van der Waals surface area contributed by atoms with Gasteiger partial charge in [-0.2, -0.15) is 5.26 Å². The van der Waals surface area contributed by atoms with Crippen LogP contribution in [0.1, 0.15) is 27.2 Å². The van der Waals surface area contributed by atoms with E-state index in [1.165, 1.54) is 0 Å². The van der Waals surface area contributed by atoms with Crippen LogP contribution in [0.5, 0.6) is 5.75 Å². The largest absolute Gasteiger partial charge is 0.491 e. The van der Waals surface area contributed by atoms with Gasteiger partial charge in [-0.05, 0) is 38.3 Å². The zero-order valence-corrected chi connectivity index (χ0v) is 14.5. The van der Waals surface area contributed by atoms with E-state index in [-0.39, 0.29) is 17.9 Å². The van der Waals surface area contributed by atoms with Gasteiger partial charge in [-0.3, -0.25) is 4.79 Å². The summed E-state index contributed by atoms with van der Waals surface area (Å²) < 4.78 is 11.9. The van der Waals surface area contributed by atoms with E-state index in [2.05, 4.69) is 6.07 Å². The molecule has 1 saturated heterocycles. The molecule has 3 unspecified atom stereocenters. The van der Waals surface area contributed by atoms with Crippen molar-refractivity contribution in [1.82, 2.24) is 4.90 Å². The van der Waals surface area contributed by atoms with Crippen LogP contribution in [0.25, 0.3) is 0 Å². The Hall–Kier alpha value is -2.06. The van der Waals surface area contributed by atoms with Gasteiger partial charge in [-0.1, -0.05) is 25.1 Å². The minimum atomic E-state index is -0.821. The van der Waals surface area contributed by atoms with Gasteiger partial charge in [0.2, 0.25) is 5.91 Å². The second-order valence-corrected chi connectivity index (χ2v) is 7.50. The summed E-state index contributed by atoms with van der Waals surface area (Å²) in [5, 5.41) is 9.42. The van der Waals surface area contributed by atoms with Gasteiger partial charge < -0.3 is 14.4 Å². The molecule has 1 aromatic rings. The number of carbonyl (C=O) groups is 1. The molecule has 0 spiro atoms. The molecule has 1 saturated carbocycles. The Kier molecular flexibility index (Phi) is 4.27. The molecule has 1 aliphatic carbocycles. The van der Waals surface area contributed by atoms with E-state index < -0.39 is 11.0 Å². The first kappa shape index (κ1) is 16.8. The van der Waals surface area contributed by atoms with Gasteiger partial charge in [-0.15, -0.1) is 0 Å². The van der Waals surface area contributed by atoms with Gasteiger partial charge in [0.15, 0.2) is 0 Å². The summed E-state index contributed by atoms with van der Waals surface area (Å²) in [5.74, 6) is 0.866. The van der Waals surface area contributed by atoms with Crippen molar-refractivity contribution in [3.05, 3.63) is 30.3 Å². The van der Waals surface area contributed by atoms with Crippen molar-refractivity contribution in [3.8, 4) is 11.8 Å². The van der Waals surface area contributed by atoms with Crippen LogP contribution in [0.4, 0.5) is 0 Å². The fourth-order valence-corrected chi connectivity index (χ4v) is 3.45. The molecular formula is C19H24N2O3. The topological polar surface area (TPSA) is 62.6 Å². The molecule has 5 nitrogen and oxygen atoms in total. The second-order valence-electron chi connectivity index (χ2n) is 7.50. The number of hydrogen-bond acceptors (Lipinski definition) is 4. The first-order valence-electron chi connectivity index (χ1n) is 8.42. The Labute approximate surface area is 143 Å². The number of amides is 1. The minimum Gasteiger partial charge on any atom is -0.491 e. The monoisotopic (exact) mass is 328 g/mol. The molecule has 1 aliphatic heterocycles. The Morgan fingerprint density at radius 3 is 2.67 bits per heavy atom. The third-order valence-electron chi connectivity index (χ3n) is 4.84. The number of rotatable bonds is 4. The molecule has 3 rings (SSSR count). The highest BCUT2D eigenvalue weighted by molar-refractivity contribution is 5.89. The highest BCUT2D eigenvalue weighted by Crippen LogP contribution is 2.53. The van der Waals surface area contributed by atoms with Crippen LogP contribution in [0.3, 0.4) is 0 Å². The van der Waals surface area contributed by atoms with Crippen LogP contribution in [-0.2, 0) is 9.53 Å². The molecule has 0 bridgehead atoms. The maximum Gasteiger partial charge on any atom is 0.243 e. The molecule has 128 valence electrons. The Morgan fingerprint density at radius 1 is 1.42 bits per heavy atom. The Morgan fingerprint density at radius 2 is 2.08 bits per heavy atom. The molecule has 1 heterocycles. The first-order valence-corrected chi connectivity index (χ1v) is 8.42. The van der Waals surface area contributed by atoms with E-state index in [0.29, 0.717) is 26.1 Å². The smallest absolute Gasteiger partial charge is 0.243 e. The maximum absolute atomic E-state index is 12.8. The molecule has 24 heavy (non-hydrogen) atoms. The van der Waals surface area contributed by atoms with Crippen molar-refractivity contribution in [1.29, 1.82) is 5.26 Å². The normalized spacial score (nSPS) is 31.2. The van der Waals surface area contributed by atoms with Gasteiger partial charge >= 0.3 is 0 Å². The highest BCUT2D eigenvalue weighted by atomic mass is 16.5. The molecule has 0 radical (unpaired) electrons. The standard InChI is InChI=1S/C19H24N2O3/c1-14-9-19(14,12-20)17(22)21-10-16(24-18(2,3)13-21)11-23-15-7-5-4-6-8-15/h4-8,14,16H,9-11,13H2,1-3H3. The van der Waals surface area contributed by atoms with Gasteiger partial charge in [0.1, 0.15) is 23.9 Å². The third-order valence-corrected chi connectivity index (χ3v) is 4.84. The summed E-state index contributed by atoms with van der Waals surface area (Å²) in [6.45, 7) is 7.25. The molecule has 5 heteroatoms. The van der Waals surface area contributed by atoms with Crippen LogP contribution in [0.2, 0.25) is 0 Å². The van der Waals surface area contributed by atoms with E-state index in [9.17, 15) is 10.1 Å². The molecule has 1 amide bonds. The maximum atomic E-state index is 12.8. The van der Waals surface area contributed by atoms with Gasteiger partial charge in [0.05, 0.1) is 18.2 Å². The number of hydrogen-bond donors (Lipinski definition) is 0. The third kappa shape index (κ3) is 3.25. The van der Waals surface area contributed by atoms with Crippen LogP contribution >= 0.6 is 0 Å². The van der Waals surface area contributed by atoms with Crippen LogP contribution in [0.15, 0.2) is 30.3 Å². The average Bonchev–Trinajstić information content (AvgIpc) is 3.23. The van der Waals surface area contributed by atoms with E-state index in [0.717, 1.165) is 5.75 Å².